The molecule has 2 aromatic rings. The van der Waals surface area contributed by atoms with Crippen LogP contribution in [0.15, 0.2) is 42.5 Å². The number of ether oxygens (including phenoxy) is 1. The molecule has 2 amide bonds. The first-order valence-electron chi connectivity index (χ1n) is 9.07. The Morgan fingerprint density at radius 1 is 1.30 bits per heavy atom. The van der Waals surface area contributed by atoms with Crippen molar-refractivity contribution in [3.8, 4) is 0 Å². The van der Waals surface area contributed by atoms with Crippen molar-refractivity contribution in [1.82, 2.24) is 5.32 Å². The van der Waals surface area contributed by atoms with Gasteiger partial charge >= 0.3 is 0 Å². The lowest BCUT2D eigenvalue weighted by molar-refractivity contribution is -0.150. The Bertz CT molecular complexity index is 983. The number of amides is 2. The summed E-state index contributed by atoms with van der Waals surface area (Å²) in [6.07, 6.45) is -2.97. The molecule has 0 aliphatic carbocycles. The van der Waals surface area contributed by atoms with Crippen molar-refractivity contribution < 1.29 is 19.4 Å². The summed E-state index contributed by atoms with van der Waals surface area (Å²) >= 11 is 5.89. The molecular formula is C20H20Cl2N4O4. The van der Waals surface area contributed by atoms with Gasteiger partial charge in [-0.25, -0.2) is 0 Å². The first-order valence-corrected chi connectivity index (χ1v) is 9.45. The van der Waals surface area contributed by atoms with E-state index in [9.17, 15) is 14.7 Å². The van der Waals surface area contributed by atoms with E-state index in [0.29, 0.717) is 35.3 Å². The second-order valence-corrected chi connectivity index (χ2v) is 7.23. The van der Waals surface area contributed by atoms with E-state index < -0.39 is 24.0 Å². The number of nitrogens with zero attached hydrogens (tertiary/aromatic N) is 1. The highest BCUT2D eigenvalue weighted by atomic mass is 35.5. The number of benzene rings is 2. The largest absolute Gasteiger partial charge is 0.380 e. The fourth-order valence-electron chi connectivity index (χ4n) is 3.40. The number of aliphatic hydroxyl groups is 1. The van der Waals surface area contributed by atoms with Gasteiger partial charge in [0.2, 0.25) is 0 Å². The maximum absolute atomic E-state index is 12.8. The molecule has 158 valence electrons. The minimum absolute atomic E-state index is 0. The third-order valence-electron chi connectivity index (χ3n) is 4.91. The van der Waals surface area contributed by atoms with Crippen molar-refractivity contribution in [3.63, 3.8) is 0 Å². The Kier molecular flexibility index (Phi) is 6.62. The highest BCUT2D eigenvalue weighted by Gasteiger charge is 2.39. The maximum Gasteiger partial charge on any atom is 0.259 e. The van der Waals surface area contributed by atoms with Gasteiger partial charge in [0.15, 0.2) is 12.2 Å². The van der Waals surface area contributed by atoms with E-state index in [1.807, 2.05) is 0 Å². The fourth-order valence-corrected chi connectivity index (χ4v) is 3.53. The highest BCUT2D eigenvalue weighted by molar-refractivity contribution is 6.30. The Morgan fingerprint density at radius 3 is 2.77 bits per heavy atom. The molecule has 2 heterocycles. The zero-order valence-corrected chi connectivity index (χ0v) is 17.3. The van der Waals surface area contributed by atoms with Crippen LogP contribution >= 0.6 is 24.0 Å². The predicted molar refractivity (Wildman–Crippen MR) is 116 cm³/mol. The summed E-state index contributed by atoms with van der Waals surface area (Å²) in [6, 6.07) is 11.8. The molecule has 0 radical (unpaired) electrons. The molecule has 2 aliphatic heterocycles. The number of amidine groups is 1. The van der Waals surface area contributed by atoms with E-state index in [-0.39, 0.29) is 19.0 Å². The second-order valence-electron chi connectivity index (χ2n) is 6.79. The summed E-state index contributed by atoms with van der Waals surface area (Å²) in [7, 11) is 0. The summed E-state index contributed by atoms with van der Waals surface area (Å²) in [5, 5.41) is 24.3. The number of carbonyl (C=O) groups is 2. The van der Waals surface area contributed by atoms with Crippen LogP contribution in [0.25, 0.3) is 0 Å². The van der Waals surface area contributed by atoms with Crippen molar-refractivity contribution in [3.05, 3.63) is 58.6 Å². The second kappa shape index (κ2) is 9.01. The molecule has 2 aromatic carbocycles. The first kappa shape index (κ1) is 22.0. The molecule has 0 bridgehead atoms. The molecular weight excluding hydrogens is 431 g/mol. The van der Waals surface area contributed by atoms with Gasteiger partial charge in [-0.15, -0.1) is 12.4 Å². The van der Waals surface area contributed by atoms with Crippen molar-refractivity contribution in [1.29, 1.82) is 5.41 Å². The number of aliphatic hydroxyl groups excluding tert-OH is 1. The van der Waals surface area contributed by atoms with Crippen LogP contribution in [-0.4, -0.2) is 48.1 Å². The summed E-state index contributed by atoms with van der Waals surface area (Å²) < 4.78 is 5.41. The summed E-state index contributed by atoms with van der Waals surface area (Å²) in [6.45, 7) is 1.01. The van der Waals surface area contributed by atoms with E-state index in [1.54, 1.807) is 42.5 Å². The van der Waals surface area contributed by atoms with Crippen molar-refractivity contribution in [2.24, 2.45) is 0 Å². The standard InChI is InChI=1S/C20H19ClN4O4.ClH/c21-12-1-4-14(5-2-12)25-7-8-29-17(20(25)28)16(26)19(27)24-13-3-6-15-11(9-13)10-23-18(15)22;/h1-6,9,16-17,26H,7-8,10H2,(H2,22,23)(H,24,27);1H/t16-,17-;/m1./s1. The molecule has 0 aromatic heterocycles. The van der Waals surface area contributed by atoms with Gasteiger partial charge in [0.25, 0.3) is 11.8 Å². The van der Waals surface area contributed by atoms with Crippen LogP contribution < -0.4 is 15.5 Å². The van der Waals surface area contributed by atoms with Gasteiger partial charge in [-0.2, -0.15) is 0 Å². The number of nitrogens with one attached hydrogen (secondary N) is 3. The smallest absolute Gasteiger partial charge is 0.259 e. The van der Waals surface area contributed by atoms with E-state index in [2.05, 4.69) is 10.6 Å². The quantitative estimate of drug-likeness (QED) is 0.567. The first-order chi connectivity index (χ1) is 13.9. The van der Waals surface area contributed by atoms with Gasteiger partial charge in [-0.3, -0.25) is 15.0 Å². The number of anilines is 2. The molecule has 4 rings (SSSR count). The minimum atomic E-state index is -1.66. The Balaban J connectivity index is 0.00000256. The van der Waals surface area contributed by atoms with Gasteiger partial charge in [-0.05, 0) is 48.0 Å². The van der Waals surface area contributed by atoms with E-state index in [1.165, 1.54) is 4.90 Å². The number of fused-ring (bicyclic) bond motifs is 1. The Hall–Kier alpha value is -2.65. The molecule has 10 heteroatoms. The van der Waals surface area contributed by atoms with Crippen molar-refractivity contribution >= 4 is 53.0 Å². The summed E-state index contributed by atoms with van der Waals surface area (Å²) in [4.78, 5) is 26.8. The van der Waals surface area contributed by atoms with Gasteiger partial charge in [0.1, 0.15) is 5.84 Å². The molecule has 1 saturated heterocycles. The van der Waals surface area contributed by atoms with Gasteiger partial charge in [-0.1, -0.05) is 11.6 Å². The lowest BCUT2D eigenvalue weighted by Gasteiger charge is -2.34. The monoisotopic (exact) mass is 450 g/mol. The number of hydrogen-bond acceptors (Lipinski definition) is 5. The van der Waals surface area contributed by atoms with Crippen LogP contribution in [-0.2, 0) is 20.9 Å². The summed E-state index contributed by atoms with van der Waals surface area (Å²) in [5.41, 5.74) is 2.74. The predicted octanol–water partition coefficient (Wildman–Crippen LogP) is 1.92. The zero-order chi connectivity index (χ0) is 20.5. The Labute approximate surface area is 184 Å². The summed E-state index contributed by atoms with van der Waals surface area (Å²) in [5.74, 6) is -0.892. The van der Waals surface area contributed by atoms with Crippen LogP contribution in [0.2, 0.25) is 5.02 Å². The van der Waals surface area contributed by atoms with Crippen molar-refractivity contribution in [2.75, 3.05) is 23.4 Å². The Morgan fingerprint density at radius 2 is 2.03 bits per heavy atom. The van der Waals surface area contributed by atoms with Gasteiger partial charge < -0.3 is 25.4 Å². The number of carbonyl (C=O) groups excluding carboxylic acids is 2. The minimum Gasteiger partial charge on any atom is -0.380 e. The average molecular weight is 451 g/mol. The molecule has 0 spiro atoms. The third kappa shape index (κ3) is 4.27. The van der Waals surface area contributed by atoms with Crippen molar-refractivity contribution in [2.45, 2.75) is 18.8 Å². The lowest BCUT2D eigenvalue weighted by atomic mass is 10.1. The molecule has 8 nitrogen and oxygen atoms in total. The topological polar surface area (TPSA) is 115 Å². The molecule has 2 aliphatic rings. The third-order valence-corrected chi connectivity index (χ3v) is 5.17. The SMILES string of the molecule is Cl.N=C1NCc2cc(NC(=O)[C@H](O)[C@H]3OCCN(c4ccc(Cl)cc4)C3=O)ccc21. The highest BCUT2D eigenvalue weighted by Crippen LogP contribution is 2.24. The lowest BCUT2D eigenvalue weighted by Crippen LogP contribution is -2.55. The van der Waals surface area contributed by atoms with Crippen LogP contribution in [0.3, 0.4) is 0 Å². The van der Waals surface area contributed by atoms with Gasteiger partial charge in [0, 0.05) is 35.1 Å². The molecule has 0 saturated carbocycles. The van der Waals surface area contributed by atoms with Crippen LogP contribution in [0.5, 0.6) is 0 Å². The number of morpholine rings is 1. The van der Waals surface area contributed by atoms with E-state index in [0.717, 1.165) is 11.1 Å². The molecule has 30 heavy (non-hydrogen) atoms. The maximum atomic E-state index is 12.8. The van der Waals surface area contributed by atoms with Crippen LogP contribution in [0.1, 0.15) is 11.1 Å². The molecule has 2 atom stereocenters. The van der Waals surface area contributed by atoms with E-state index in [4.69, 9.17) is 21.7 Å². The van der Waals surface area contributed by atoms with Crippen LogP contribution in [0, 0.1) is 5.41 Å². The number of hydrogen-bond donors (Lipinski definition) is 4. The van der Waals surface area contributed by atoms with Gasteiger partial charge in [0.05, 0.1) is 6.61 Å². The number of halogens is 2. The molecule has 1 fully saturated rings. The zero-order valence-electron chi connectivity index (χ0n) is 15.7. The van der Waals surface area contributed by atoms with E-state index >= 15 is 0 Å². The fraction of sp³-hybridized carbons (Fsp3) is 0.250. The normalized spacial score (nSPS) is 18.9. The number of rotatable bonds is 4. The van der Waals surface area contributed by atoms with Crippen LogP contribution in [0.4, 0.5) is 11.4 Å². The molecule has 4 N–H and O–H groups in total. The average Bonchev–Trinajstić information content (AvgIpc) is 3.08. The molecule has 0 unspecified atom stereocenters.